The summed E-state index contributed by atoms with van der Waals surface area (Å²) in [4.78, 5) is 26.4. The van der Waals surface area contributed by atoms with Crippen LogP contribution in [0.1, 0.15) is 36.3 Å². The quantitative estimate of drug-likeness (QED) is 0.923. The lowest BCUT2D eigenvalue weighted by molar-refractivity contribution is -0.159. The average molecular weight is 317 g/mol. The summed E-state index contributed by atoms with van der Waals surface area (Å²) in [6.45, 7) is 1.03. The molecule has 124 valence electrons. The van der Waals surface area contributed by atoms with Crippen molar-refractivity contribution in [3.05, 3.63) is 35.4 Å². The van der Waals surface area contributed by atoms with Gasteiger partial charge in [-0.25, -0.2) is 0 Å². The van der Waals surface area contributed by atoms with Crippen LogP contribution in [-0.4, -0.2) is 48.7 Å². The third kappa shape index (κ3) is 2.85. The minimum absolute atomic E-state index is 0.0661. The predicted octanol–water partition coefficient (Wildman–Crippen LogP) is 2.06. The summed E-state index contributed by atoms with van der Waals surface area (Å²) in [5, 5.41) is 9.62. The summed E-state index contributed by atoms with van der Waals surface area (Å²) in [6.07, 6.45) is 3.00. The van der Waals surface area contributed by atoms with Crippen LogP contribution in [0.5, 0.6) is 0 Å². The third-order valence-corrected chi connectivity index (χ3v) is 5.19. The van der Waals surface area contributed by atoms with Gasteiger partial charge in [-0.15, -0.1) is 0 Å². The van der Waals surface area contributed by atoms with Crippen LogP contribution in [0.3, 0.4) is 0 Å². The van der Waals surface area contributed by atoms with Crippen molar-refractivity contribution in [1.29, 1.82) is 0 Å². The van der Waals surface area contributed by atoms with Crippen molar-refractivity contribution in [2.24, 2.45) is 5.41 Å². The lowest BCUT2D eigenvalue weighted by atomic mass is 9.80. The SMILES string of the molecule is COCC1(C(=O)O)CCCN(C(=O)C2CCc3ccccc32)C1. The second-order valence-electron chi connectivity index (χ2n) is 6.67. The molecule has 1 heterocycles. The predicted molar refractivity (Wildman–Crippen MR) is 85.3 cm³/mol. The van der Waals surface area contributed by atoms with E-state index in [1.165, 1.54) is 12.7 Å². The van der Waals surface area contributed by atoms with Gasteiger partial charge in [0.2, 0.25) is 5.91 Å². The number of carbonyl (C=O) groups is 2. The third-order valence-electron chi connectivity index (χ3n) is 5.19. The summed E-state index contributed by atoms with van der Waals surface area (Å²) >= 11 is 0. The Labute approximate surface area is 136 Å². The molecule has 1 N–H and O–H groups in total. The second-order valence-corrected chi connectivity index (χ2v) is 6.67. The minimum atomic E-state index is -0.971. The Kier molecular flexibility index (Phi) is 4.39. The Morgan fingerprint density at radius 2 is 2.17 bits per heavy atom. The van der Waals surface area contributed by atoms with Gasteiger partial charge in [-0.05, 0) is 36.8 Å². The van der Waals surface area contributed by atoms with Crippen LogP contribution >= 0.6 is 0 Å². The van der Waals surface area contributed by atoms with E-state index >= 15 is 0 Å². The first-order valence-corrected chi connectivity index (χ1v) is 8.16. The number of hydrogen-bond acceptors (Lipinski definition) is 3. The van der Waals surface area contributed by atoms with Gasteiger partial charge in [0.15, 0.2) is 0 Å². The molecule has 1 fully saturated rings. The second kappa shape index (κ2) is 6.32. The summed E-state index contributed by atoms with van der Waals surface area (Å²) in [7, 11) is 1.51. The first-order valence-electron chi connectivity index (χ1n) is 8.16. The largest absolute Gasteiger partial charge is 0.481 e. The number of aryl methyl sites for hydroxylation is 1. The zero-order valence-corrected chi connectivity index (χ0v) is 13.5. The molecule has 0 saturated carbocycles. The molecule has 2 unspecified atom stereocenters. The highest BCUT2D eigenvalue weighted by molar-refractivity contribution is 5.86. The number of hydrogen-bond donors (Lipinski definition) is 1. The normalized spacial score (nSPS) is 26.8. The molecule has 1 aromatic carbocycles. The number of fused-ring (bicyclic) bond motifs is 1. The molecular weight excluding hydrogens is 294 g/mol. The maximum Gasteiger partial charge on any atom is 0.313 e. The first-order chi connectivity index (χ1) is 11.1. The highest BCUT2D eigenvalue weighted by Gasteiger charge is 2.45. The Bertz CT molecular complexity index is 611. The van der Waals surface area contributed by atoms with Gasteiger partial charge in [0.1, 0.15) is 5.41 Å². The molecule has 23 heavy (non-hydrogen) atoms. The molecule has 2 aliphatic rings. The lowest BCUT2D eigenvalue weighted by Gasteiger charge is -2.40. The van der Waals surface area contributed by atoms with Gasteiger partial charge in [-0.3, -0.25) is 9.59 Å². The topological polar surface area (TPSA) is 66.8 Å². The number of rotatable bonds is 4. The van der Waals surface area contributed by atoms with E-state index in [4.69, 9.17) is 4.74 Å². The Morgan fingerprint density at radius 1 is 1.39 bits per heavy atom. The number of aliphatic carboxylic acids is 1. The van der Waals surface area contributed by atoms with Crippen LogP contribution in [0, 0.1) is 5.41 Å². The number of piperidine rings is 1. The van der Waals surface area contributed by atoms with Crippen molar-refractivity contribution in [3.8, 4) is 0 Å². The molecule has 2 atom stereocenters. The van der Waals surface area contributed by atoms with E-state index in [-0.39, 0.29) is 25.0 Å². The number of carboxylic acid groups (broad SMARTS) is 1. The van der Waals surface area contributed by atoms with Gasteiger partial charge in [0.05, 0.1) is 12.5 Å². The molecule has 5 heteroatoms. The molecule has 1 saturated heterocycles. The molecule has 0 bridgehead atoms. The highest BCUT2D eigenvalue weighted by Crippen LogP contribution is 2.37. The number of amides is 1. The molecule has 5 nitrogen and oxygen atoms in total. The molecule has 1 amide bonds. The van der Waals surface area contributed by atoms with Crippen molar-refractivity contribution in [3.63, 3.8) is 0 Å². The zero-order valence-electron chi connectivity index (χ0n) is 13.5. The minimum Gasteiger partial charge on any atom is -0.481 e. The number of carboxylic acids is 1. The van der Waals surface area contributed by atoms with Gasteiger partial charge < -0.3 is 14.7 Å². The number of carbonyl (C=O) groups excluding carboxylic acids is 1. The van der Waals surface area contributed by atoms with E-state index in [9.17, 15) is 14.7 Å². The summed E-state index contributed by atoms with van der Waals surface area (Å²) < 4.78 is 5.14. The number of ether oxygens (including phenoxy) is 1. The maximum atomic E-state index is 13.0. The molecule has 1 aliphatic carbocycles. The fourth-order valence-electron chi connectivity index (χ4n) is 3.98. The molecule has 0 radical (unpaired) electrons. The molecular formula is C18H23NO4. The number of likely N-dealkylation sites (tertiary alicyclic amines) is 1. The molecule has 1 aliphatic heterocycles. The van der Waals surface area contributed by atoms with E-state index in [1.54, 1.807) is 4.90 Å². The summed E-state index contributed by atoms with van der Waals surface area (Å²) in [6, 6.07) is 8.06. The van der Waals surface area contributed by atoms with Gasteiger partial charge >= 0.3 is 5.97 Å². The van der Waals surface area contributed by atoms with Gasteiger partial charge in [0, 0.05) is 20.2 Å². The molecule has 0 spiro atoms. The Morgan fingerprint density at radius 3 is 2.91 bits per heavy atom. The molecule has 0 aromatic heterocycles. The first kappa shape index (κ1) is 16.0. The van der Waals surface area contributed by atoms with Crippen molar-refractivity contribution in [2.75, 3.05) is 26.8 Å². The fourth-order valence-corrected chi connectivity index (χ4v) is 3.98. The van der Waals surface area contributed by atoms with Crippen molar-refractivity contribution in [1.82, 2.24) is 4.90 Å². The number of methoxy groups -OCH3 is 1. The number of nitrogens with zero attached hydrogens (tertiary/aromatic N) is 1. The van der Waals surface area contributed by atoms with E-state index in [1.807, 2.05) is 18.2 Å². The van der Waals surface area contributed by atoms with Crippen LogP contribution < -0.4 is 0 Å². The Hall–Kier alpha value is -1.88. The van der Waals surface area contributed by atoms with E-state index in [0.29, 0.717) is 19.4 Å². The van der Waals surface area contributed by atoms with Gasteiger partial charge in [0.25, 0.3) is 0 Å². The summed E-state index contributed by atoms with van der Waals surface area (Å²) in [5.41, 5.74) is 1.38. The average Bonchev–Trinajstić information content (AvgIpc) is 2.98. The van der Waals surface area contributed by atoms with Crippen molar-refractivity contribution >= 4 is 11.9 Å². The monoisotopic (exact) mass is 317 g/mol. The fraction of sp³-hybridized carbons (Fsp3) is 0.556. The van der Waals surface area contributed by atoms with Crippen LogP contribution in [0.25, 0.3) is 0 Å². The standard InChI is InChI=1S/C18H23NO4/c1-23-12-18(17(21)22)9-4-10-19(11-18)16(20)15-8-7-13-5-2-3-6-14(13)15/h2-3,5-6,15H,4,7-12H2,1H3,(H,21,22). The number of benzene rings is 1. The summed E-state index contributed by atoms with van der Waals surface area (Å²) in [5.74, 6) is -0.932. The highest BCUT2D eigenvalue weighted by atomic mass is 16.5. The van der Waals surface area contributed by atoms with Gasteiger partial charge in [-0.2, -0.15) is 0 Å². The molecule has 3 rings (SSSR count). The van der Waals surface area contributed by atoms with E-state index in [0.717, 1.165) is 18.4 Å². The maximum absolute atomic E-state index is 13.0. The molecule has 1 aromatic rings. The van der Waals surface area contributed by atoms with Crippen LogP contribution in [-0.2, 0) is 20.7 Å². The van der Waals surface area contributed by atoms with Crippen LogP contribution in [0.15, 0.2) is 24.3 Å². The lowest BCUT2D eigenvalue weighted by Crippen LogP contribution is -2.52. The van der Waals surface area contributed by atoms with Crippen LogP contribution in [0.4, 0.5) is 0 Å². The smallest absolute Gasteiger partial charge is 0.313 e. The van der Waals surface area contributed by atoms with Crippen molar-refractivity contribution < 1.29 is 19.4 Å². The van der Waals surface area contributed by atoms with Crippen LogP contribution in [0.2, 0.25) is 0 Å². The van der Waals surface area contributed by atoms with E-state index in [2.05, 4.69) is 6.07 Å². The van der Waals surface area contributed by atoms with E-state index < -0.39 is 11.4 Å². The Balaban J connectivity index is 1.79. The van der Waals surface area contributed by atoms with Gasteiger partial charge in [-0.1, -0.05) is 24.3 Å². The zero-order chi connectivity index (χ0) is 16.4. The van der Waals surface area contributed by atoms with Crippen molar-refractivity contribution in [2.45, 2.75) is 31.6 Å².